The molecule has 0 fully saturated rings. The van der Waals surface area contributed by atoms with Crippen molar-refractivity contribution in [3.63, 3.8) is 0 Å². The number of pyridine rings is 1. The molecule has 1 rings (SSSR count). The summed E-state index contributed by atoms with van der Waals surface area (Å²) < 4.78 is 0. The number of nitrogens with zero attached hydrogens (tertiary/aromatic N) is 1. The van der Waals surface area contributed by atoms with E-state index in [1.165, 1.54) is 0 Å². The molecule has 0 spiro atoms. The second-order valence-electron chi connectivity index (χ2n) is 4.04. The average Bonchev–Trinajstić information content (AvgIpc) is 2.18. The molecule has 0 aliphatic heterocycles. The van der Waals surface area contributed by atoms with E-state index < -0.39 is 6.10 Å². The van der Waals surface area contributed by atoms with Gasteiger partial charge in [0.2, 0.25) is 0 Å². The van der Waals surface area contributed by atoms with Gasteiger partial charge in [0.15, 0.2) is 0 Å². The number of aliphatic hydroxyl groups excluding tert-OH is 1. The van der Waals surface area contributed by atoms with E-state index >= 15 is 0 Å². The third kappa shape index (κ3) is 3.80. The van der Waals surface area contributed by atoms with Crippen LogP contribution < -0.4 is 0 Å². The van der Waals surface area contributed by atoms with E-state index in [1.807, 2.05) is 0 Å². The Morgan fingerprint density at radius 2 is 2.27 bits per heavy atom. The Morgan fingerprint density at radius 3 is 2.87 bits per heavy atom. The maximum atomic E-state index is 9.99. The summed E-state index contributed by atoms with van der Waals surface area (Å²) in [5.41, 5.74) is 0.787. The van der Waals surface area contributed by atoms with E-state index in [2.05, 4.69) is 18.8 Å². The van der Waals surface area contributed by atoms with Crippen LogP contribution in [0.2, 0.25) is 5.02 Å². The summed E-state index contributed by atoms with van der Waals surface area (Å²) in [5.74, 6) is 0.522. The Hall–Kier alpha value is -0.600. The van der Waals surface area contributed by atoms with E-state index in [9.17, 15) is 5.11 Å². The topological polar surface area (TPSA) is 33.1 Å². The van der Waals surface area contributed by atoms with Crippen LogP contribution in [0.5, 0.6) is 0 Å². The third-order valence-electron chi connectivity index (χ3n) is 2.57. The van der Waals surface area contributed by atoms with Crippen LogP contribution >= 0.6 is 11.6 Å². The number of hydrogen-bond donors (Lipinski definition) is 1. The lowest BCUT2D eigenvalue weighted by Crippen LogP contribution is -2.05. The first kappa shape index (κ1) is 12.5. The molecule has 0 bridgehead atoms. The van der Waals surface area contributed by atoms with Gasteiger partial charge in [-0.15, -0.1) is 0 Å². The standard InChI is InChI=1S/C12H18ClNO/c1-3-4-9(2)7-12(15)10-5-6-14-8-11(10)13/h5-6,8-9,12,15H,3-4,7H2,1-2H3. The first-order chi connectivity index (χ1) is 7.15. The van der Waals surface area contributed by atoms with E-state index in [-0.39, 0.29) is 0 Å². The molecule has 0 aliphatic rings. The maximum Gasteiger partial charge on any atom is 0.0808 e. The predicted molar refractivity (Wildman–Crippen MR) is 62.9 cm³/mol. The molecule has 2 unspecified atom stereocenters. The number of halogens is 1. The minimum absolute atomic E-state index is 0.470. The zero-order valence-corrected chi connectivity index (χ0v) is 10.0. The van der Waals surface area contributed by atoms with Gasteiger partial charge in [0.05, 0.1) is 11.1 Å². The van der Waals surface area contributed by atoms with Crippen molar-refractivity contribution in [1.82, 2.24) is 4.98 Å². The van der Waals surface area contributed by atoms with Crippen LogP contribution in [-0.4, -0.2) is 10.1 Å². The van der Waals surface area contributed by atoms with Gasteiger partial charge in [0.1, 0.15) is 0 Å². The van der Waals surface area contributed by atoms with Crippen molar-refractivity contribution in [2.75, 3.05) is 0 Å². The Labute approximate surface area is 96.3 Å². The molecule has 3 heteroatoms. The number of aromatic nitrogens is 1. The van der Waals surface area contributed by atoms with Crippen LogP contribution in [0.4, 0.5) is 0 Å². The molecule has 0 saturated heterocycles. The molecular weight excluding hydrogens is 210 g/mol. The fourth-order valence-corrected chi connectivity index (χ4v) is 2.02. The first-order valence-corrected chi connectivity index (χ1v) is 5.80. The van der Waals surface area contributed by atoms with Crippen molar-refractivity contribution < 1.29 is 5.11 Å². The highest BCUT2D eigenvalue weighted by molar-refractivity contribution is 6.31. The Bertz CT molecular complexity index is 303. The van der Waals surface area contributed by atoms with Crippen molar-refractivity contribution in [2.45, 2.75) is 39.2 Å². The summed E-state index contributed by atoms with van der Waals surface area (Å²) in [6.07, 6.45) is 5.82. The maximum absolute atomic E-state index is 9.99. The highest BCUT2D eigenvalue weighted by atomic mass is 35.5. The van der Waals surface area contributed by atoms with Gasteiger partial charge in [-0.2, -0.15) is 0 Å². The highest BCUT2D eigenvalue weighted by Gasteiger charge is 2.14. The molecule has 1 N–H and O–H groups in total. The first-order valence-electron chi connectivity index (χ1n) is 5.42. The van der Waals surface area contributed by atoms with Gasteiger partial charge in [0.25, 0.3) is 0 Å². The molecule has 2 atom stereocenters. The lowest BCUT2D eigenvalue weighted by molar-refractivity contribution is 0.145. The van der Waals surface area contributed by atoms with Crippen molar-refractivity contribution in [3.05, 3.63) is 29.0 Å². The van der Waals surface area contributed by atoms with Crippen LogP contribution in [0.15, 0.2) is 18.5 Å². The quantitative estimate of drug-likeness (QED) is 0.834. The van der Waals surface area contributed by atoms with Crippen molar-refractivity contribution in [2.24, 2.45) is 5.92 Å². The van der Waals surface area contributed by atoms with Gasteiger partial charge in [-0.1, -0.05) is 38.3 Å². The van der Waals surface area contributed by atoms with Gasteiger partial charge in [-0.25, -0.2) is 0 Å². The van der Waals surface area contributed by atoms with Crippen molar-refractivity contribution in [3.8, 4) is 0 Å². The predicted octanol–water partition coefficient (Wildman–Crippen LogP) is 3.59. The Balaban J connectivity index is 2.61. The van der Waals surface area contributed by atoms with Crippen LogP contribution in [0, 0.1) is 5.92 Å². The molecule has 84 valence electrons. The van der Waals surface area contributed by atoms with E-state index in [0.717, 1.165) is 24.8 Å². The van der Waals surface area contributed by atoms with Gasteiger partial charge in [0, 0.05) is 18.0 Å². The SMILES string of the molecule is CCCC(C)CC(O)c1ccncc1Cl. The zero-order valence-electron chi connectivity index (χ0n) is 9.28. The lowest BCUT2D eigenvalue weighted by atomic mass is 9.95. The fourth-order valence-electron chi connectivity index (χ4n) is 1.77. The molecule has 0 radical (unpaired) electrons. The summed E-state index contributed by atoms with van der Waals surface area (Å²) >= 11 is 5.96. The number of aliphatic hydroxyl groups is 1. The molecule has 1 heterocycles. The molecule has 0 aliphatic carbocycles. The number of hydrogen-bond acceptors (Lipinski definition) is 2. The third-order valence-corrected chi connectivity index (χ3v) is 2.89. The smallest absolute Gasteiger partial charge is 0.0808 e. The van der Waals surface area contributed by atoms with Gasteiger partial charge >= 0.3 is 0 Å². The van der Waals surface area contributed by atoms with Crippen LogP contribution in [0.1, 0.15) is 44.8 Å². The molecular formula is C12H18ClNO. The van der Waals surface area contributed by atoms with Gasteiger partial charge in [-0.05, 0) is 18.4 Å². The summed E-state index contributed by atoms with van der Waals surface area (Å²) in [7, 11) is 0. The fraction of sp³-hybridized carbons (Fsp3) is 0.583. The largest absolute Gasteiger partial charge is 0.388 e. The van der Waals surface area contributed by atoms with Crippen molar-refractivity contribution in [1.29, 1.82) is 0 Å². The Kier molecular flexibility index (Phi) is 5.06. The summed E-state index contributed by atoms with van der Waals surface area (Å²) in [5, 5.41) is 10.5. The van der Waals surface area contributed by atoms with Gasteiger partial charge < -0.3 is 5.11 Å². The van der Waals surface area contributed by atoms with Crippen molar-refractivity contribution >= 4 is 11.6 Å². The summed E-state index contributed by atoms with van der Waals surface area (Å²) in [6.45, 7) is 4.31. The van der Waals surface area contributed by atoms with E-state index in [1.54, 1.807) is 18.5 Å². The molecule has 2 nitrogen and oxygen atoms in total. The molecule has 0 aromatic carbocycles. The number of rotatable bonds is 5. The lowest BCUT2D eigenvalue weighted by Gasteiger charge is -2.16. The van der Waals surface area contributed by atoms with Crippen LogP contribution in [0.25, 0.3) is 0 Å². The summed E-state index contributed by atoms with van der Waals surface area (Å²) in [4.78, 5) is 3.90. The minimum atomic E-state index is -0.470. The monoisotopic (exact) mass is 227 g/mol. The van der Waals surface area contributed by atoms with Crippen LogP contribution in [-0.2, 0) is 0 Å². The molecule has 0 amide bonds. The second-order valence-corrected chi connectivity index (χ2v) is 4.45. The van der Waals surface area contributed by atoms with Gasteiger partial charge in [-0.3, -0.25) is 4.98 Å². The van der Waals surface area contributed by atoms with Crippen LogP contribution in [0.3, 0.4) is 0 Å². The molecule has 0 saturated carbocycles. The average molecular weight is 228 g/mol. The normalized spacial score (nSPS) is 14.9. The summed E-state index contributed by atoms with van der Waals surface area (Å²) in [6, 6.07) is 1.78. The highest BCUT2D eigenvalue weighted by Crippen LogP contribution is 2.27. The minimum Gasteiger partial charge on any atom is -0.388 e. The molecule has 1 aromatic heterocycles. The molecule has 1 aromatic rings. The Morgan fingerprint density at radius 1 is 1.53 bits per heavy atom. The molecule has 15 heavy (non-hydrogen) atoms. The second kappa shape index (κ2) is 6.09. The zero-order chi connectivity index (χ0) is 11.3. The van der Waals surface area contributed by atoms with E-state index in [0.29, 0.717) is 10.9 Å². The van der Waals surface area contributed by atoms with E-state index in [4.69, 9.17) is 11.6 Å².